The first-order valence-corrected chi connectivity index (χ1v) is 14.0. The van der Waals surface area contributed by atoms with Gasteiger partial charge in [-0.3, -0.25) is 0 Å². The number of aromatic nitrogens is 3. The van der Waals surface area contributed by atoms with E-state index in [1.54, 1.807) is 0 Å². The van der Waals surface area contributed by atoms with E-state index in [0.717, 1.165) is 36.0 Å². The highest BCUT2D eigenvalue weighted by molar-refractivity contribution is 5.86. The molecule has 2 aliphatic carbocycles. The van der Waals surface area contributed by atoms with Crippen LogP contribution in [0.2, 0.25) is 0 Å². The highest BCUT2D eigenvalue weighted by Gasteiger charge is 2.32. The van der Waals surface area contributed by atoms with E-state index in [4.69, 9.17) is 21.0 Å². The maximum absolute atomic E-state index is 7.65. The van der Waals surface area contributed by atoms with Gasteiger partial charge < -0.3 is 23.8 Å². The minimum absolute atomic E-state index is 0.0875. The molecule has 0 spiro atoms. The number of pyridine rings is 1. The topological polar surface area (TPSA) is 56.8 Å². The molecule has 3 aliphatic rings. The molecule has 6 rings (SSSR count). The van der Waals surface area contributed by atoms with Crippen molar-refractivity contribution in [3.8, 4) is 5.88 Å². The van der Waals surface area contributed by atoms with Crippen molar-refractivity contribution in [2.45, 2.75) is 64.5 Å². The summed E-state index contributed by atoms with van der Waals surface area (Å²) in [5.74, 6) is 3.86. The zero-order chi connectivity index (χ0) is 25.2. The lowest BCUT2D eigenvalue weighted by Gasteiger charge is -2.37. The summed E-state index contributed by atoms with van der Waals surface area (Å²) in [5.41, 5.74) is 2.98. The first-order valence-electron chi connectivity index (χ1n) is 14.0. The van der Waals surface area contributed by atoms with Crippen LogP contribution in [0.3, 0.4) is 0 Å². The van der Waals surface area contributed by atoms with Gasteiger partial charge in [0.15, 0.2) is 5.52 Å². The lowest BCUT2D eigenvalue weighted by Crippen LogP contribution is -2.41. The number of ether oxygens (including phenoxy) is 2. The van der Waals surface area contributed by atoms with Crippen LogP contribution >= 0.6 is 0 Å². The molecule has 1 saturated heterocycles. The number of nitrogens with zero attached hydrogens (tertiary/aromatic N) is 5. The first-order chi connectivity index (χ1) is 18.2. The number of morpholine rings is 1. The van der Waals surface area contributed by atoms with Gasteiger partial charge >= 0.3 is 5.88 Å². The molecule has 0 bridgehead atoms. The van der Waals surface area contributed by atoms with Crippen molar-refractivity contribution in [3.63, 3.8) is 0 Å². The molecule has 1 aliphatic heterocycles. The molecule has 0 radical (unpaired) electrons. The molecule has 37 heavy (non-hydrogen) atoms. The van der Waals surface area contributed by atoms with E-state index in [0.29, 0.717) is 43.4 Å². The van der Waals surface area contributed by atoms with Crippen LogP contribution in [0.4, 0.5) is 11.8 Å². The lowest BCUT2D eigenvalue weighted by molar-refractivity contribution is 0.0927. The molecule has 0 N–H and O–H groups in total. The second-order valence-electron chi connectivity index (χ2n) is 11.2. The Morgan fingerprint density at radius 2 is 1.86 bits per heavy atom. The molecule has 2 saturated carbocycles. The average Bonchev–Trinajstić information content (AvgIpc) is 3.27. The molecule has 0 amide bonds. The van der Waals surface area contributed by atoms with E-state index in [1.807, 2.05) is 6.07 Å². The third kappa shape index (κ3) is 5.04. The average molecular weight is 500 g/mol. The fourth-order valence-corrected chi connectivity index (χ4v) is 6.07. The first kappa shape index (κ1) is 24.2. The number of benzene rings is 1. The van der Waals surface area contributed by atoms with Crippen LogP contribution < -0.4 is 9.64 Å². The number of imidazole rings is 1. The van der Waals surface area contributed by atoms with E-state index < -0.39 is 0 Å². The van der Waals surface area contributed by atoms with Crippen LogP contribution in [0.5, 0.6) is 5.88 Å². The van der Waals surface area contributed by atoms with Gasteiger partial charge in [0.2, 0.25) is 5.95 Å². The fourth-order valence-electron chi connectivity index (χ4n) is 6.07. The monoisotopic (exact) mass is 499 g/mol. The van der Waals surface area contributed by atoms with Crippen LogP contribution in [-0.4, -0.2) is 40.9 Å². The highest BCUT2D eigenvalue weighted by Crippen LogP contribution is 2.39. The van der Waals surface area contributed by atoms with E-state index in [2.05, 4.69) is 56.6 Å². The van der Waals surface area contributed by atoms with E-state index in [9.17, 15) is 0 Å². The Morgan fingerprint density at radius 3 is 2.59 bits per heavy atom. The van der Waals surface area contributed by atoms with Crippen molar-refractivity contribution in [1.82, 2.24) is 14.5 Å². The molecule has 1 atom stereocenters. The zero-order valence-electron chi connectivity index (χ0n) is 21.8. The molecule has 1 aromatic carbocycles. The summed E-state index contributed by atoms with van der Waals surface area (Å²) in [4.78, 5) is 15.9. The van der Waals surface area contributed by atoms with Gasteiger partial charge in [-0.05, 0) is 55.1 Å². The van der Waals surface area contributed by atoms with Gasteiger partial charge in [-0.25, -0.2) is 4.98 Å². The SMILES string of the molecule is [C-]#[N+]c1cc2nc(N3CCOC[C@H]3c3ccccc3)n(CC3CCC(C)CC3)c2c(OCC2CCC2)n1. The molecule has 3 fully saturated rings. The summed E-state index contributed by atoms with van der Waals surface area (Å²) in [6, 6.07) is 12.5. The third-order valence-corrected chi connectivity index (χ3v) is 8.60. The van der Waals surface area contributed by atoms with Crippen molar-refractivity contribution in [3.05, 3.63) is 53.4 Å². The highest BCUT2D eigenvalue weighted by atomic mass is 16.5. The van der Waals surface area contributed by atoms with Crippen molar-refractivity contribution >= 4 is 22.8 Å². The second-order valence-corrected chi connectivity index (χ2v) is 11.2. The summed E-state index contributed by atoms with van der Waals surface area (Å²) >= 11 is 0. The number of hydrogen-bond acceptors (Lipinski definition) is 5. The summed E-state index contributed by atoms with van der Waals surface area (Å²) in [6.07, 6.45) is 8.73. The fraction of sp³-hybridized carbons (Fsp3) is 0.567. The molecule has 194 valence electrons. The van der Waals surface area contributed by atoms with Crippen molar-refractivity contribution < 1.29 is 9.47 Å². The van der Waals surface area contributed by atoms with Crippen molar-refractivity contribution in [2.24, 2.45) is 17.8 Å². The van der Waals surface area contributed by atoms with Gasteiger partial charge in [0.1, 0.15) is 0 Å². The molecule has 7 heteroatoms. The third-order valence-electron chi connectivity index (χ3n) is 8.60. The van der Waals surface area contributed by atoms with E-state index in [-0.39, 0.29) is 6.04 Å². The number of fused-ring (bicyclic) bond motifs is 1. The summed E-state index contributed by atoms with van der Waals surface area (Å²) in [6.45, 7) is 13.7. The van der Waals surface area contributed by atoms with Crippen LogP contribution in [-0.2, 0) is 11.3 Å². The summed E-state index contributed by atoms with van der Waals surface area (Å²) < 4.78 is 14.7. The molecular weight excluding hydrogens is 462 g/mol. The smallest absolute Gasteiger partial charge is 0.336 e. The predicted molar refractivity (Wildman–Crippen MR) is 145 cm³/mol. The standard InChI is InChI=1S/C30H37N5O2/c1-21-11-13-22(14-12-21)18-35-28-25(17-27(31-2)33-29(28)37-19-23-7-6-8-23)32-30(35)34-15-16-36-20-26(34)24-9-4-3-5-10-24/h3-5,9-10,17,21-23,26H,6-8,11-16,18-20H2,1H3/t21?,22?,26-/m0/s1. The summed E-state index contributed by atoms with van der Waals surface area (Å²) in [7, 11) is 0. The molecule has 0 unspecified atom stereocenters. The molecule has 2 aromatic heterocycles. The number of hydrogen-bond donors (Lipinski definition) is 0. The minimum Gasteiger partial charge on any atom is -0.459 e. The van der Waals surface area contributed by atoms with Crippen LogP contribution in [0.25, 0.3) is 15.9 Å². The molecule has 3 heterocycles. The quantitative estimate of drug-likeness (QED) is 0.344. The second kappa shape index (κ2) is 10.7. The van der Waals surface area contributed by atoms with Crippen molar-refractivity contribution in [2.75, 3.05) is 31.3 Å². The van der Waals surface area contributed by atoms with Gasteiger partial charge in [-0.15, -0.1) is 0 Å². The summed E-state index contributed by atoms with van der Waals surface area (Å²) in [5, 5.41) is 0. The normalized spacial score (nSPS) is 24.5. The number of anilines is 1. The maximum atomic E-state index is 7.65. The van der Waals surface area contributed by atoms with Gasteiger partial charge in [0, 0.05) is 13.1 Å². The van der Waals surface area contributed by atoms with Gasteiger partial charge in [0.05, 0.1) is 31.4 Å². The van der Waals surface area contributed by atoms with Crippen LogP contribution in [0.1, 0.15) is 63.5 Å². The predicted octanol–water partition coefficient (Wildman–Crippen LogP) is 6.57. The lowest BCUT2D eigenvalue weighted by atomic mass is 9.83. The Morgan fingerprint density at radius 1 is 1.05 bits per heavy atom. The van der Waals surface area contributed by atoms with Gasteiger partial charge in [-0.1, -0.05) is 68.1 Å². The van der Waals surface area contributed by atoms with Crippen LogP contribution in [0.15, 0.2) is 36.4 Å². The Bertz CT molecular complexity index is 1250. The molecule has 3 aromatic rings. The van der Waals surface area contributed by atoms with Gasteiger partial charge in [0.25, 0.3) is 5.82 Å². The van der Waals surface area contributed by atoms with Crippen molar-refractivity contribution in [1.29, 1.82) is 0 Å². The Labute approximate surface area is 219 Å². The van der Waals surface area contributed by atoms with Crippen LogP contribution in [0, 0.1) is 24.3 Å². The Balaban J connectivity index is 1.44. The Hall–Kier alpha value is -3.11. The molecule has 7 nitrogen and oxygen atoms in total. The maximum Gasteiger partial charge on any atom is 0.336 e. The molecular formula is C30H37N5O2. The minimum atomic E-state index is 0.0875. The van der Waals surface area contributed by atoms with E-state index in [1.165, 1.54) is 50.5 Å². The number of rotatable bonds is 7. The zero-order valence-corrected chi connectivity index (χ0v) is 21.8. The Kier molecular flexibility index (Phi) is 7.01. The van der Waals surface area contributed by atoms with E-state index >= 15 is 0 Å². The largest absolute Gasteiger partial charge is 0.459 e. The van der Waals surface area contributed by atoms with Gasteiger partial charge in [-0.2, -0.15) is 0 Å².